The number of benzene rings is 1. The molecule has 2 heterocycles. The van der Waals surface area contributed by atoms with Crippen LogP contribution in [0.15, 0.2) is 48.7 Å². The summed E-state index contributed by atoms with van der Waals surface area (Å²) in [4.78, 5) is 17.9. The first-order valence-corrected chi connectivity index (χ1v) is 8.20. The third-order valence-corrected chi connectivity index (χ3v) is 4.03. The number of pyridine rings is 1. The maximum Gasteiger partial charge on any atom is 0.260 e. The Morgan fingerprint density at radius 1 is 1.21 bits per heavy atom. The molecule has 1 fully saturated rings. The number of carbonyl (C=O) groups excluding carboxylic acids is 1. The Hall–Kier alpha value is -2.56. The van der Waals surface area contributed by atoms with E-state index in [9.17, 15) is 4.79 Å². The second-order valence-electron chi connectivity index (χ2n) is 6.22. The number of nitrogens with zero attached hydrogens (tertiary/aromatic N) is 2. The highest BCUT2D eigenvalue weighted by Crippen LogP contribution is 2.19. The van der Waals surface area contributed by atoms with Gasteiger partial charge in [0.05, 0.1) is 13.1 Å². The van der Waals surface area contributed by atoms with Crippen molar-refractivity contribution in [3.05, 3.63) is 54.2 Å². The standard InChI is InChI=1S/C19H22N2O3/c1-14(2)15-6-8-16(9-7-15)23-13-19(22)21-11-17(12-21)24-18-5-3-4-10-20-18/h3-10,14,17H,11-13H2,1-2H3. The maximum atomic E-state index is 12.1. The monoisotopic (exact) mass is 326 g/mol. The maximum absolute atomic E-state index is 12.1. The van der Waals surface area contributed by atoms with Crippen LogP contribution in [0.5, 0.6) is 11.6 Å². The van der Waals surface area contributed by atoms with Crippen molar-refractivity contribution < 1.29 is 14.3 Å². The van der Waals surface area contributed by atoms with Crippen LogP contribution in [0.4, 0.5) is 0 Å². The summed E-state index contributed by atoms with van der Waals surface area (Å²) in [5.74, 6) is 1.77. The molecule has 1 amide bonds. The third kappa shape index (κ3) is 4.04. The minimum absolute atomic E-state index is 0.00850. The Morgan fingerprint density at radius 3 is 2.58 bits per heavy atom. The predicted octanol–water partition coefficient (Wildman–Crippen LogP) is 2.87. The zero-order valence-electron chi connectivity index (χ0n) is 14.0. The van der Waals surface area contributed by atoms with E-state index >= 15 is 0 Å². The van der Waals surface area contributed by atoms with Gasteiger partial charge in [0.25, 0.3) is 5.91 Å². The first kappa shape index (κ1) is 16.3. The van der Waals surface area contributed by atoms with Crippen molar-refractivity contribution in [2.45, 2.75) is 25.9 Å². The molecule has 24 heavy (non-hydrogen) atoms. The van der Waals surface area contributed by atoms with Crippen molar-refractivity contribution in [3.63, 3.8) is 0 Å². The highest BCUT2D eigenvalue weighted by atomic mass is 16.5. The predicted molar refractivity (Wildman–Crippen MR) is 91.3 cm³/mol. The Bertz CT molecular complexity index is 665. The Morgan fingerprint density at radius 2 is 1.96 bits per heavy atom. The summed E-state index contributed by atoms with van der Waals surface area (Å²) in [6.45, 7) is 5.49. The zero-order chi connectivity index (χ0) is 16.9. The molecule has 3 rings (SSSR count). The van der Waals surface area contributed by atoms with Crippen LogP contribution in [0.25, 0.3) is 0 Å². The molecule has 0 radical (unpaired) electrons. The van der Waals surface area contributed by atoms with Gasteiger partial charge in [-0.1, -0.05) is 32.0 Å². The van der Waals surface area contributed by atoms with Crippen molar-refractivity contribution >= 4 is 5.91 Å². The lowest BCUT2D eigenvalue weighted by atomic mass is 10.0. The third-order valence-electron chi connectivity index (χ3n) is 4.03. The number of aromatic nitrogens is 1. The highest BCUT2D eigenvalue weighted by molar-refractivity contribution is 5.78. The van der Waals surface area contributed by atoms with Crippen LogP contribution in [-0.4, -0.2) is 41.6 Å². The van der Waals surface area contributed by atoms with E-state index < -0.39 is 0 Å². The van der Waals surface area contributed by atoms with Crippen molar-refractivity contribution in [3.8, 4) is 11.6 Å². The molecule has 1 aliphatic rings. The number of hydrogen-bond donors (Lipinski definition) is 0. The molecule has 0 bridgehead atoms. The molecule has 0 aliphatic carbocycles. The second kappa shape index (κ2) is 7.34. The van der Waals surface area contributed by atoms with Gasteiger partial charge >= 0.3 is 0 Å². The van der Waals surface area contributed by atoms with E-state index in [1.807, 2.05) is 42.5 Å². The molecule has 1 aliphatic heterocycles. The molecule has 0 atom stereocenters. The summed E-state index contributed by atoms with van der Waals surface area (Å²) >= 11 is 0. The number of rotatable bonds is 6. The van der Waals surface area contributed by atoms with Crippen LogP contribution >= 0.6 is 0 Å². The van der Waals surface area contributed by atoms with Gasteiger partial charge in [0.2, 0.25) is 5.88 Å². The largest absolute Gasteiger partial charge is 0.484 e. The lowest BCUT2D eigenvalue weighted by Crippen LogP contribution is -2.57. The number of ether oxygens (including phenoxy) is 2. The van der Waals surface area contributed by atoms with Crippen LogP contribution in [0.1, 0.15) is 25.3 Å². The summed E-state index contributed by atoms with van der Waals surface area (Å²) in [5.41, 5.74) is 1.26. The molecule has 1 saturated heterocycles. The molecule has 0 saturated carbocycles. The molecule has 0 unspecified atom stereocenters. The number of carbonyl (C=O) groups is 1. The fourth-order valence-corrected chi connectivity index (χ4v) is 2.49. The lowest BCUT2D eigenvalue weighted by molar-refractivity contribution is -0.142. The average Bonchev–Trinajstić information content (AvgIpc) is 2.57. The lowest BCUT2D eigenvalue weighted by Gasteiger charge is -2.38. The highest BCUT2D eigenvalue weighted by Gasteiger charge is 2.32. The Labute approximate surface area is 142 Å². The van der Waals surface area contributed by atoms with E-state index in [4.69, 9.17) is 9.47 Å². The van der Waals surface area contributed by atoms with Crippen molar-refractivity contribution in [2.75, 3.05) is 19.7 Å². The molecule has 1 aromatic heterocycles. The first-order chi connectivity index (χ1) is 11.6. The van der Waals surface area contributed by atoms with Gasteiger partial charge in [-0.25, -0.2) is 4.98 Å². The van der Waals surface area contributed by atoms with Gasteiger partial charge in [-0.3, -0.25) is 4.79 Å². The van der Waals surface area contributed by atoms with E-state index in [1.165, 1.54) is 5.56 Å². The van der Waals surface area contributed by atoms with Crippen molar-refractivity contribution in [2.24, 2.45) is 0 Å². The molecule has 2 aromatic rings. The molecule has 126 valence electrons. The summed E-state index contributed by atoms with van der Waals surface area (Å²) in [6.07, 6.45) is 1.70. The molecule has 1 aromatic carbocycles. The molecule has 5 heteroatoms. The van der Waals surface area contributed by atoms with Gasteiger partial charge in [-0.05, 0) is 29.7 Å². The quantitative estimate of drug-likeness (QED) is 0.819. The van der Waals surface area contributed by atoms with Crippen LogP contribution in [0, 0.1) is 0 Å². The van der Waals surface area contributed by atoms with E-state index in [1.54, 1.807) is 11.1 Å². The number of hydrogen-bond acceptors (Lipinski definition) is 4. The van der Waals surface area contributed by atoms with Gasteiger partial charge in [0.1, 0.15) is 11.9 Å². The molecule has 5 nitrogen and oxygen atoms in total. The zero-order valence-corrected chi connectivity index (χ0v) is 14.0. The summed E-state index contributed by atoms with van der Waals surface area (Å²) < 4.78 is 11.3. The molecular weight excluding hydrogens is 304 g/mol. The van der Waals surface area contributed by atoms with Gasteiger partial charge in [0.15, 0.2) is 6.61 Å². The smallest absolute Gasteiger partial charge is 0.260 e. The SMILES string of the molecule is CC(C)c1ccc(OCC(=O)N2CC(Oc3ccccn3)C2)cc1. The van der Waals surface area contributed by atoms with E-state index in [2.05, 4.69) is 18.8 Å². The average molecular weight is 326 g/mol. The fraction of sp³-hybridized carbons (Fsp3) is 0.368. The topological polar surface area (TPSA) is 51.7 Å². The minimum Gasteiger partial charge on any atom is -0.484 e. The van der Waals surface area contributed by atoms with E-state index in [0.29, 0.717) is 24.9 Å². The summed E-state index contributed by atoms with van der Waals surface area (Å²) in [5, 5.41) is 0. The fourth-order valence-electron chi connectivity index (χ4n) is 2.49. The Balaban J connectivity index is 1.40. The van der Waals surface area contributed by atoms with Gasteiger partial charge in [-0.15, -0.1) is 0 Å². The van der Waals surface area contributed by atoms with E-state index in [0.717, 1.165) is 5.75 Å². The van der Waals surface area contributed by atoms with Gasteiger partial charge in [-0.2, -0.15) is 0 Å². The summed E-state index contributed by atoms with van der Waals surface area (Å²) in [6, 6.07) is 13.4. The van der Waals surface area contributed by atoms with Crippen LogP contribution in [0.2, 0.25) is 0 Å². The molecule has 0 spiro atoms. The van der Waals surface area contributed by atoms with Crippen LogP contribution in [0.3, 0.4) is 0 Å². The van der Waals surface area contributed by atoms with E-state index in [-0.39, 0.29) is 18.6 Å². The molecule has 0 N–H and O–H groups in total. The van der Waals surface area contributed by atoms with Gasteiger partial charge < -0.3 is 14.4 Å². The van der Waals surface area contributed by atoms with Crippen molar-refractivity contribution in [1.82, 2.24) is 9.88 Å². The van der Waals surface area contributed by atoms with Gasteiger partial charge in [0, 0.05) is 12.3 Å². The minimum atomic E-state index is -0.0243. The first-order valence-electron chi connectivity index (χ1n) is 8.20. The normalized spacial score (nSPS) is 14.4. The van der Waals surface area contributed by atoms with Crippen LogP contribution < -0.4 is 9.47 Å². The second-order valence-corrected chi connectivity index (χ2v) is 6.22. The number of likely N-dealkylation sites (tertiary alicyclic amines) is 1. The Kier molecular flexibility index (Phi) is 4.99. The van der Waals surface area contributed by atoms with Crippen LogP contribution in [-0.2, 0) is 4.79 Å². The number of amides is 1. The molecular formula is C19H22N2O3. The summed E-state index contributed by atoms with van der Waals surface area (Å²) in [7, 11) is 0. The van der Waals surface area contributed by atoms with Crippen molar-refractivity contribution in [1.29, 1.82) is 0 Å².